The van der Waals surface area contributed by atoms with Crippen molar-refractivity contribution >= 4 is 22.9 Å². The normalized spacial score (nSPS) is 24.2. The van der Waals surface area contributed by atoms with E-state index in [0.717, 1.165) is 22.0 Å². The van der Waals surface area contributed by atoms with E-state index >= 15 is 8.78 Å². The predicted octanol–water partition coefficient (Wildman–Crippen LogP) is 6.88. The molecule has 0 radical (unpaired) electrons. The molecule has 1 N–H and O–H groups in total. The smallest absolute Gasteiger partial charge is 0.272 e. The number of carbonyl (C=O) groups is 1. The van der Waals surface area contributed by atoms with Crippen LogP contribution in [0.25, 0.3) is 17.0 Å². The van der Waals surface area contributed by atoms with Crippen LogP contribution in [-0.4, -0.2) is 47.3 Å². The maximum atomic E-state index is 16.9. The molecule has 1 aliphatic heterocycles. The third-order valence-electron chi connectivity index (χ3n) is 8.95. The SMILES string of the molecule is CN(C)C1(c2cccc(F)c2)CCC2(CC1(F)F)c1[nH]c3ccccc3c1CCN2C(=O)/C=C/c1ccccc1. The molecule has 40 heavy (non-hydrogen) atoms. The predicted molar refractivity (Wildman–Crippen MR) is 151 cm³/mol. The maximum Gasteiger partial charge on any atom is 0.272 e. The first kappa shape index (κ1) is 26.4. The molecule has 1 aromatic heterocycles. The lowest BCUT2D eigenvalue weighted by Gasteiger charge is -2.58. The summed E-state index contributed by atoms with van der Waals surface area (Å²) in [4.78, 5) is 20.4. The highest BCUT2D eigenvalue weighted by molar-refractivity contribution is 5.93. The minimum atomic E-state index is -3.30. The molecule has 1 amide bonds. The fraction of sp³-hybridized carbons (Fsp3) is 0.303. The van der Waals surface area contributed by atoms with Crippen LogP contribution in [0.15, 0.2) is 84.9 Å². The molecule has 1 fully saturated rings. The van der Waals surface area contributed by atoms with E-state index in [9.17, 15) is 9.18 Å². The molecular formula is C33H32F3N3O. The number of carbonyl (C=O) groups excluding carboxylic acids is 1. The molecule has 7 heteroatoms. The maximum absolute atomic E-state index is 16.9. The summed E-state index contributed by atoms with van der Waals surface area (Å²) in [6.45, 7) is 0.331. The average molecular weight is 544 g/mol. The van der Waals surface area contributed by atoms with Gasteiger partial charge in [-0.1, -0.05) is 60.7 Å². The molecule has 1 spiro atoms. The number of fused-ring (bicyclic) bond motifs is 4. The van der Waals surface area contributed by atoms with Gasteiger partial charge in [-0.3, -0.25) is 9.69 Å². The van der Waals surface area contributed by atoms with Gasteiger partial charge in [0.15, 0.2) is 0 Å². The van der Waals surface area contributed by atoms with Crippen LogP contribution in [0.5, 0.6) is 0 Å². The molecule has 0 saturated heterocycles. The second-order valence-corrected chi connectivity index (χ2v) is 11.2. The van der Waals surface area contributed by atoms with Crippen molar-refractivity contribution < 1.29 is 18.0 Å². The summed E-state index contributed by atoms with van der Waals surface area (Å²) in [5.41, 5.74) is 0.684. The number of hydrogen-bond donors (Lipinski definition) is 1. The van der Waals surface area contributed by atoms with Gasteiger partial charge >= 0.3 is 0 Å². The average Bonchev–Trinajstić information content (AvgIpc) is 3.32. The molecule has 2 heterocycles. The molecule has 1 saturated carbocycles. The first-order valence-electron chi connectivity index (χ1n) is 13.6. The van der Waals surface area contributed by atoms with Crippen LogP contribution in [0, 0.1) is 5.82 Å². The van der Waals surface area contributed by atoms with Crippen LogP contribution in [0.1, 0.15) is 41.6 Å². The van der Waals surface area contributed by atoms with E-state index in [1.165, 1.54) is 29.2 Å². The van der Waals surface area contributed by atoms with Crippen molar-refractivity contribution in [2.75, 3.05) is 20.6 Å². The summed E-state index contributed by atoms with van der Waals surface area (Å²) in [5.74, 6) is -4.14. The van der Waals surface area contributed by atoms with Crippen molar-refractivity contribution in [2.24, 2.45) is 0 Å². The number of rotatable bonds is 4. The van der Waals surface area contributed by atoms with Gasteiger partial charge < -0.3 is 9.88 Å². The molecule has 0 bridgehead atoms. The highest BCUT2D eigenvalue weighted by Gasteiger charge is 2.66. The third-order valence-corrected chi connectivity index (χ3v) is 8.95. The van der Waals surface area contributed by atoms with E-state index in [-0.39, 0.29) is 17.9 Å². The Bertz CT molecular complexity index is 1600. The molecule has 2 atom stereocenters. The van der Waals surface area contributed by atoms with Gasteiger partial charge in [0.25, 0.3) is 5.92 Å². The van der Waals surface area contributed by atoms with Gasteiger partial charge in [0, 0.05) is 35.6 Å². The monoisotopic (exact) mass is 543 g/mol. The van der Waals surface area contributed by atoms with Crippen LogP contribution >= 0.6 is 0 Å². The third kappa shape index (κ3) is 3.98. The highest BCUT2D eigenvalue weighted by atomic mass is 19.3. The first-order chi connectivity index (χ1) is 19.2. The van der Waals surface area contributed by atoms with E-state index in [1.54, 1.807) is 31.1 Å². The Morgan fingerprint density at radius 2 is 1.73 bits per heavy atom. The van der Waals surface area contributed by atoms with Gasteiger partial charge in [-0.15, -0.1) is 0 Å². The van der Waals surface area contributed by atoms with Crippen LogP contribution in [0.2, 0.25) is 0 Å². The number of alkyl halides is 2. The number of halogens is 3. The molecular weight excluding hydrogens is 511 g/mol. The van der Waals surface area contributed by atoms with Crippen molar-refractivity contribution in [1.29, 1.82) is 0 Å². The number of hydrogen-bond acceptors (Lipinski definition) is 2. The quantitative estimate of drug-likeness (QED) is 0.285. The van der Waals surface area contributed by atoms with E-state index in [4.69, 9.17) is 0 Å². The summed E-state index contributed by atoms with van der Waals surface area (Å²) in [5, 5.41) is 1.00. The summed E-state index contributed by atoms with van der Waals surface area (Å²) >= 11 is 0. The van der Waals surface area contributed by atoms with E-state index in [1.807, 2.05) is 54.6 Å². The molecule has 6 rings (SSSR count). The van der Waals surface area contributed by atoms with Gasteiger partial charge in [0.2, 0.25) is 5.91 Å². The standard InChI is InChI=1S/C33H32F3N3O/c1-38(2)32(24-11-8-12-25(34)21-24)19-18-31(22-33(32,35)36)30-27(26-13-6-7-14-28(26)37-30)17-20-39(31)29(40)16-15-23-9-4-3-5-10-23/h3-16,21,37H,17-20,22H2,1-2H3/b16-15+. The topological polar surface area (TPSA) is 39.3 Å². The molecule has 2 aliphatic rings. The minimum absolute atomic E-state index is 0.0391. The molecule has 4 aromatic rings. The molecule has 206 valence electrons. The second kappa shape index (κ2) is 9.66. The zero-order valence-electron chi connectivity index (χ0n) is 22.6. The number of para-hydroxylation sites is 1. The van der Waals surface area contributed by atoms with Crippen LogP contribution in [0.3, 0.4) is 0 Å². The lowest BCUT2D eigenvalue weighted by Crippen LogP contribution is -2.66. The van der Waals surface area contributed by atoms with Crippen LogP contribution in [-0.2, 0) is 22.3 Å². The Kier molecular flexibility index (Phi) is 6.37. The largest absolute Gasteiger partial charge is 0.356 e. The zero-order chi connectivity index (χ0) is 28.1. The van der Waals surface area contributed by atoms with Gasteiger partial charge in [0.1, 0.15) is 11.4 Å². The number of benzene rings is 3. The first-order valence-corrected chi connectivity index (χ1v) is 13.6. The van der Waals surface area contributed by atoms with Crippen molar-refractivity contribution in [3.05, 3.63) is 113 Å². The van der Waals surface area contributed by atoms with Crippen LogP contribution in [0.4, 0.5) is 13.2 Å². The number of nitrogens with one attached hydrogen (secondary N) is 1. The Morgan fingerprint density at radius 1 is 0.975 bits per heavy atom. The molecule has 4 nitrogen and oxygen atoms in total. The Morgan fingerprint density at radius 3 is 2.45 bits per heavy atom. The van der Waals surface area contributed by atoms with Gasteiger partial charge in [-0.2, -0.15) is 0 Å². The van der Waals surface area contributed by atoms with E-state index < -0.39 is 29.2 Å². The van der Waals surface area contributed by atoms with Crippen LogP contribution < -0.4 is 0 Å². The molecule has 1 aliphatic carbocycles. The Labute approximate surface area is 232 Å². The Balaban J connectivity index is 1.49. The Hall–Kier alpha value is -3.84. The number of nitrogens with zero attached hydrogens (tertiary/aromatic N) is 2. The highest BCUT2D eigenvalue weighted by Crippen LogP contribution is 2.59. The zero-order valence-corrected chi connectivity index (χ0v) is 22.6. The van der Waals surface area contributed by atoms with E-state index in [2.05, 4.69) is 4.98 Å². The lowest BCUT2D eigenvalue weighted by molar-refractivity contribution is -0.203. The van der Waals surface area contributed by atoms with Crippen molar-refractivity contribution in [3.8, 4) is 0 Å². The van der Waals surface area contributed by atoms with Gasteiger partial charge in [-0.25, -0.2) is 13.2 Å². The summed E-state index contributed by atoms with van der Waals surface area (Å²) in [6, 6.07) is 22.8. The summed E-state index contributed by atoms with van der Waals surface area (Å²) in [6.07, 6.45) is 3.54. The minimum Gasteiger partial charge on any atom is -0.356 e. The number of H-pyrrole nitrogens is 1. The fourth-order valence-electron chi connectivity index (χ4n) is 7.10. The fourth-order valence-corrected chi connectivity index (χ4v) is 7.10. The molecule has 2 unspecified atom stereocenters. The van der Waals surface area contributed by atoms with Crippen molar-refractivity contribution in [1.82, 2.24) is 14.8 Å². The van der Waals surface area contributed by atoms with Crippen molar-refractivity contribution in [2.45, 2.75) is 42.7 Å². The summed E-state index contributed by atoms with van der Waals surface area (Å²) in [7, 11) is 3.25. The number of aromatic amines is 1. The second-order valence-electron chi connectivity index (χ2n) is 11.2. The van der Waals surface area contributed by atoms with Crippen molar-refractivity contribution in [3.63, 3.8) is 0 Å². The van der Waals surface area contributed by atoms with Gasteiger partial charge in [0.05, 0.1) is 5.54 Å². The lowest BCUT2D eigenvalue weighted by atomic mass is 9.63. The molecule has 3 aromatic carbocycles. The number of amides is 1. The summed E-state index contributed by atoms with van der Waals surface area (Å²) < 4.78 is 48.2. The number of aromatic nitrogens is 1. The van der Waals surface area contributed by atoms with Gasteiger partial charge in [-0.05, 0) is 74.3 Å². The van der Waals surface area contributed by atoms with E-state index in [0.29, 0.717) is 25.1 Å².